The molecule has 0 spiro atoms. The van der Waals surface area contributed by atoms with Gasteiger partial charge in [-0.05, 0) is 61.4 Å². The van der Waals surface area contributed by atoms with E-state index in [1.54, 1.807) is 37.6 Å². The number of carbonyl (C=O) groups is 1. The second-order valence-electron chi connectivity index (χ2n) is 8.23. The lowest BCUT2D eigenvalue weighted by molar-refractivity contribution is 0.0922. The molecule has 1 N–H and O–H groups in total. The molecule has 0 saturated carbocycles. The number of nitrogens with one attached hydrogen (secondary N) is 1. The van der Waals surface area contributed by atoms with Crippen molar-refractivity contribution in [1.29, 1.82) is 0 Å². The van der Waals surface area contributed by atoms with Crippen LogP contribution in [-0.2, 0) is 0 Å². The van der Waals surface area contributed by atoms with E-state index in [2.05, 4.69) is 4.98 Å². The number of para-hydroxylation sites is 1. The molecule has 0 fully saturated rings. The van der Waals surface area contributed by atoms with Gasteiger partial charge in [-0.3, -0.25) is 9.59 Å². The van der Waals surface area contributed by atoms with E-state index < -0.39 is 0 Å². The van der Waals surface area contributed by atoms with Gasteiger partial charge in [0.05, 0.1) is 12.5 Å². The molecule has 5 aromatic rings. The molecule has 0 unspecified atom stereocenters. The van der Waals surface area contributed by atoms with E-state index in [9.17, 15) is 9.59 Å². The van der Waals surface area contributed by atoms with Crippen molar-refractivity contribution in [2.75, 3.05) is 13.7 Å². The van der Waals surface area contributed by atoms with Crippen LogP contribution in [0.2, 0.25) is 0 Å². The summed E-state index contributed by atoms with van der Waals surface area (Å²) in [6, 6.07) is 18.4. The summed E-state index contributed by atoms with van der Waals surface area (Å²) in [7, 11) is 1.58. The number of rotatable bonds is 6. The van der Waals surface area contributed by atoms with Gasteiger partial charge in [-0.2, -0.15) is 0 Å². The van der Waals surface area contributed by atoms with Crippen LogP contribution in [-0.4, -0.2) is 24.5 Å². The van der Waals surface area contributed by atoms with Crippen LogP contribution in [0.1, 0.15) is 21.5 Å². The van der Waals surface area contributed by atoms with Crippen molar-refractivity contribution in [1.82, 2.24) is 4.98 Å². The number of fused-ring (bicyclic) bond motifs is 2. The summed E-state index contributed by atoms with van der Waals surface area (Å²) >= 11 is 0. The van der Waals surface area contributed by atoms with Crippen LogP contribution in [0.3, 0.4) is 0 Å². The highest BCUT2D eigenvalue weighted by atomic mass is 16.5. The number of carbonyl (C=O) groups excluding carboxylic acids is 1. The monoisotopic (exact) mass is 453 g/mol. The molecule has 170 valence electrons. The molecule has 0 aliphatic heterocycles. The van der Waals surface area contributed by atoms with Crippen LogP contribution in [0.5, 0.6) is 11.5 Å². The Morgan fingerprint density at radius 2 is 1.79 bits per heavy atom. The fraction of sp³-hybridized carbons (Fsp3) is 0.143. The maximum atomic E-state index is 13.6. The van der Waals surface area contributed by atoms with Crippen LogP contribution in [0.25, 0.3) is 33.2 Å². The highest BCUT2D eigenvalue weighted by Crippen LogP contribution is 2.33. The highest BCUT2D eigenvalue weighted by Gasteiger charge is 2.21. The molecule has 2 heterocycles. The number of ether oxygens (including phenoxy) is 2. The Hall–Kier alpha value is -4.32. The van der Waals surface area contributed by atoms with Crippen molar-refractivity contribution in [2.24, 2.45) is 0 Å². The largest absolute Gasteiger partial charge is 0.497 e. The zero-order valence-electron chi connectivity index (χ0n) is 19.1. The summed E-state index contributed by atoms with van der Waals surface area (Å²) in [5.74, 6) is 0.725. The van der Waals surface area contributed by atoms with E-state index in [0.29, 0.717) is 27.8 Å². The van der Waals surface area contributed by atoms with E-state index in [1.165, 1.54) is 0 Å². The number of H-pyrrole nitrogens is 1. The van der Waals surface area contributed by atoms with Crippen LogP contribution in [0, 0.1) is 13.8 Å². The van der Waals surface area contributed by atoms with Gasteiger partial charge in [0.15, 0.2) is 12.4 Å². The fourth-order valence-corrected chi connectivity index (χ4v) is 4.25. The molecule has 6 heteroatoms. The Labute approximate surface area is 195 Å². The molecule has 6 nitrogen and oxygen atoms in total. The number of aromatic nitrogens is 1. The van der Waals surface area contributed by atoms with Gasteiger partial charge in [0.2, 0.25) is 17.0 Å². The Bertz CT molecular complexity index is 1590. The molecule has 0 atom stereocenters. The van der Waals surface area contributed by atoms with Crippen molar-refractivity contribution in [2.45, 2.75) is 13.8 Å². The number of aryl methyl sites for hydroxylation is 2. The van der Waals surface area contributed by atoms with E-state index >= 15 is 0 Å². The molecule has 34 heavy (non-hydrogen) atoms. The molecule has 0 aliphatic carbocycles. The third kappa shape index (κ3) is 3.73. The Morgan fingerprint density at radius 3 is 2.56 bits per heavy atom. The highest BCUT2D eigenvalue weighted by molar-refractivity contribution is 6.08. The molecule has 3 aromatic carbocycles. The minimum atomic E-state index is -0.309. The first-order chi connectivity index (χ1) is 16.5. The maximum absolute atomic E-state index is 13.6. The third-order valence-electron chi connectivity index (χ3n) is 5.88. The standard InChI is InChI=1S/C28H23NO5/c1-16-12-17(2)25-24(13-16)34-27(18-8-10-19(32-3)11-9-18)28(26(25)31)33-15-23(30)21-14-29-22-7-5-4-6-20(21)22/h4-14,29H,15H2,1-3H3. The summed E-state index contributed by atoms with van der Waals surface area (Å²) in [5, 5.41) is 1.25. The van der Waals surface area contributed by atoms with Crippen molar-refractivity contribution in [3.63, 3.8) is 0 Å². The summed E-state index contributed by atoms with van der Waals surface area (Å²) in [6.45, 7) is 3.51. The lowest BCUT2D eigenvalue weighted by Crippen LogP contribution is -2.17. The molecule has 0 amide bonds. The van der Waals surface area contributed by atoms with Gasteiger partial charge in [-0.1, -0.05) is 24.3 Å². The smallest absolute Gasteiger partial charge is 0.235 e. The normalized spacial score (nSPS) is 11.1. The maximum Gasteiger partial charge on any atom is 0.235 e. The predicted octanol–water partition coefficient (Wildman–Crippen LogP) is 5.83. The molecular formula is C28H23NO5. The minimum Gasteiger partial charge on any atom is -0.497 e. The van der Waals surface area contributed by atoms with Crippen LogP contribution in [0.15, 0.2) is 76.1 Å². The molecule has 5 rings (SSSR count). The molecule has 2 aromatic heterocycles. The number of hydrogen-bond donors (Lipinski definition) is 1. The van der Waals surface area contributed by atoms with Crippen molar-refractivity contribution in [3.05, 3.63) is 93.8 Å². The third-order valence-corrected chi connectivity index (χ3v) is 5.88. The zero-order valence-corrected chi connectivity index (χ0v) is 19.1. The average Bonchev–Trinajstić information content (AvgIpc) is 3.27. The van der Waals surface area contributed by atoms with Gasteiger partial charge < -0.3 is 18.9 Å². The summed E-state index contributed by atoms with van der Waals surface area (Å²) in [4.78, 5) is 29.7. The Balaban J connectivity index is 1.60. The first-order valence-electron chi connectivity index (χ1n) is 10.9. The Morgan fingerprint density at radius 1 is 1.03 bits per heavy atom. The molecular weight excluding hydrogens is 430 g/mol. The fourth-order valence-electron chi connectivity index (χ4n) is 4.25. The predicted molar refractivity (Wildman–Crippen MR) is 132 cm³/mol. The van der Waals surface area contributed by atoms with Gasteiger partial charge in [0, 0.05) is 28.2 Å². The number of aromatic amines is 1. The number of methoxy groups -OCH3 is 1. The first kappa shape index (κ1) is 21.5. The van der Waals surface area contributed by atoms with Crippen LogP contribution >= 0.6 is 0 Å². The average molecular weight is 453 g/mol. The number of hydrogen-bond acceptors (Lipinski definition) is 5. The summed E-state index contributed by atoms with van der Waals surface area (Å²) < 4.78 is 17.4. The molecule has 0 bridgehead atoms. The quantitative estimate of drug-likeness (QED) is 0.327. The van der Waals surface area contributed by atoms with Gasteiger partial charge in [0.25, 0.3) is 0 Å². The molecule has 0 saturated heterocycles. The summed E-state index contributed by atoms with van der Waals surface area (Å²) in [5.41, 5.74) is 3.96. The van der Waals surface area contributed by atoms with E-state index in [0.717, 1.165) is 22.0 Å². The number of Topliss-reactive ketones (excluding diaryl/α,β-unsaturated/α-hetero) is 1. The molecule has 0 aliphatic rings. The van der Waals surface area contributed by atoms with Gasteiger partial charge >= 0.3 is 0 Å². The topological polar surface area (TPSA) is 81.5 Å². The van der Waals surface area contributed by atoms with Gasteiger partial charge in [-0.25, -0.2) is 0 Å². The van der Waals surface area contributed by atoms with Gasteiger partial charge in [0.1, 0.15) is 11.3 Å². The van der Waals surface area contributed by atoms with Crippen molar-refractivity contribution in [3.8, 4) is 22.8 Å². The number of benzene rings is 3. The summed E-state index contributed by atoms with van der Waals surface area (Å²) in [6.07, 6.45) is 1.66. The van der Waals surface area contributed by atoms with E-state index in [-0.39, 0.29) is 29.3 Å². The minimum absolute atomic E-state index is 0.0119. The lowest BCUT2D eigenvalue weighted by atomic mass is 10.0. The lowest BCUT2D eigenvalue weighted by Gasteiger charge is -2.13. The van der Waals surface area contributed by atoms with Crippen molar-refractivity contribution < 1.29 is 18.7 Å². The SMILES string of the molecule is COc1ccc(-c2oc3cc(C)cc(C)c3c(=O)c2OCC(=O)c2c[nH]c3ccccc23)cc1. The van der Waals surface area contributed by atoms with Crippen LogP contribution < -0.4 is 14.9 Å². The Kier molecular flexibility index (Phi) is 5.42. The van der Waals surface area contributed by atoms with Crippen molar-refractivity contribution >= 4 is 27.7 Å². The molecule has 0 radical (unpaired) electrons. The zero-order chi connectivity index (χ0) is 23.8. The van der Waals surface area contributed by atoms with E-state index in [4.69, 9.17) is 13.9 Å². The van der Waals surface area contributed by atoms with E-state index in [1.807, 2.05) is 50.2 Å². The number of ketones is 1. The second kappa shape index (κ2) is 8.56. The van der Waals surface area contributed by atoms with Crippen LogP contribution in [0.4, 0.5) is 0 Å². The second-order valence-corrected chi connectivity index (χ2v) is 8.23. The first-order valence-corrected chi connectivity index (χ1v) is 10.9. The van der Waals surface area contributed by atoms with Gasteiger partial charge in [-0.15, -0.1) is 0 Å².